The van der Waals surface area contributed by atoms with Crippen LogP contribution in [-0.4, -0.2) is 22.8 Å². The molecule has 0 unspecified atom stereocenters. The molecule has 0 fully saturated rings. The molecule has 0 N–H and O–H groups in total. The first-order valence-corrected chi connectivity index (χ1v) is 7.71. The Morgan fingerprint density at radius 2 is 1.75 bits per heavy atom. The molecule has 1 heterocycles. The Morgan fingerprint density at radius 3 is 2.50 bits per heavy atom. The van der Waals surface area contributed by atoms with Gasteiger partial charge in [-0.05, 0) is 30.3 Å². The van der Waals surface area contributed by atoms with Crippen LogP contribution < -0.4 is 0 Å². The molecule has 0 aliphatic carbocycles. The minimum atomic E-state index is -3.86. The predicted octanol–water partition coefficient (Wildman–Crippen LogP) is 2.98. The van der Waals surface area contributed by atoms with Crippen LogP contribution in [0.15, 0.2) is 47.4 Å². The summed E-state index contributed by atoms with van der Waals surface area (Å²) in [6, 6.07) is 10.9. The van der Waals surface area contributed by atoms with Crippen LogP contribution in [0.4, 0.5) is 0 Å². The molecule has 0 spiro atoms. The predicted molar refractivity (Wildman–Crippen MR) is 76.6 cm³/mol. The minimum Gasteiger partial charge on any atom is -0.199 e. The van der Waals surface area contributed by atoms with Crippen molar-refractivity contribution in [3.8, 4) is 0 Å². The van der Waals surface area contributed by atoms with Gasteiger partial charge in [-0.3, -0.25) is 0 Å². The largest absolute Gasteiger partial charge is 0.284 e. The van der Waals surface area contributed by atoms with Crippen molar-refractivity contribution < 1.29 is 8.42 Å². The Kier molecular flexibility index (Phi) is 3.16. The van der Waals surface area contributed by atoms with Crippen molar-refractivity contribution in [1.82, 2.24) is 14.4 Å². The summed E-state index contributed by atoms with van der Waals surface area (Å²) < 4.78 is 25.9. The van der Waals surface area contributed by atoms with Gasteiger partial charge in [0.25, 0.3) is 10.0 Å². The molecule has 0 atom stereocenters. The van der Waals surface area contributed by atoms with Gasteiger partial charge in [0.05, 0.1) is 14.9 Å². The van der Waals surface area contributed by atoms with Gasteiger partial charge < -0.3 is 0 Å². The van der Waals surface area contributed by atoms with Crippen molar-refractivity contribution in [2.24, 2.45) is 0 Å². The molecule has 0 bridgehead atoms. The molecule has 0 amide bonds. The van der Waals surface area contributed by atoms with E-state index >= 15 is 0 Å². The van der Waals surface area contributed by atoms with Crippen LogP contribution in [0.3, 0.4) is 0 Å². The van der Waals surface area contributed by atoms with Crippen molar-refractivity contribution in [3.05, 3.63) is 52.5 Å². The van der Waals surface area contributed by atoms with Crippen molar-refractivity contribution in [2.75, 3.05) is 0 Å². The average molecular weight is 328 g/mol. The number of nitrogens with zero attached hydrogens (tertiary/aromatic N) is 3. The van der Waals surface area contributed by atoms with Crippen molar-refractivity contribution in [2.45, 2.75) is 4.90 Å². The topological polar surface area (TPSA) is 64.8 Å². The maximum Gasteiger partial charge on any atom is 0.284 e. The van der Waals surface area contributed by atoms with Crippen LogP contribution >= 0.6 is 23.2 Å². The van der Waals surface area contributed by atoms with Crippen molar-refractivity contribution in [1.29, 1.82) is 0 Å². The fraction of sp³-hybridized carbons (Fsp3) is 0. The summed E-state index contributed by atoms with van der Waals surface area (Å²) >= 11 is 11.6. The third kappa shape index (κ3) is 2.06. The molecule has 2 aromatic carbocycles. The first-order valence-electron chi connectivity index (χ1n) is 5.51. The van der Waals surface area contributed by atoms with E-state index in [-0.39, 0.29) is 14.9 Å². The number of benzene rings is 2. The first-order chi connectivity index (χ1) is 9.50. The van der Waals surface area contributed by atoms with Gasteiger partial charge in [-0.2, -0.15) is 8.42 Å². The fourth-order valence-electron chi connectivity index (χ4n) is 1.76. The smallest absolute Gasteiger partial charge is 0.199 e. The molecule has 5 nitrogen and oxygen atoms in total. The maximum atomic E-state index is 12.5. The first kappa shape index (κ1) is 13.4. The van der Waals surface area contributed by atoms with Crippen LogP contribution in [0.25, 0.3) is 11.0 Å². The van der Waals surface area contributed by atoms with E-state index in [0.29, 0.717) is 11.0 Å². The molecule has 3 aromatic rings. The van der Waals surface area contributed by atoms with Gasteiger partial charge in [0.15, 0.2) is 0 Å². The molecular weight excluding hydrogens is 321 g/mol. The van der Waals surface area contributed by atoms with Gasteiger partial charge >= 0.3 is 0 Å². The SMILES string of the molecule is O=S(=O)(c1ccc(Cl)c(Cl)c1)n1nnc2ccccc21. The van der Waals surface area contributed by atoms with Crippen LogP contribution in [0.2, 0.25) is 10.0 Å². The molecule has 20 heavy (non-hydrogen) atoms. The van der Waals surface area contributed by atoms with Crippen molar-refractivity contribution in [3.63, 3.8) is 0 Å². The summed E-state index contributed by atoms with van der Waals surface area (Å²) in [5.41, 5.74) is 0.898. The summed E-state index contributed by atoms with van der Waals surface area (Å²) in [5.74, 6) is 0. The number of para-hydroxylation sites is 1. The zero-order valence-electron chi connectivity index (χ0n) is 9.86. The van der Waals surface area contributed by atoms with E-state index in [1.165, 1.54) is 18.2 Å². The van der Waals surface area contributed by atoms with Gasteiger partial charge in [-0.25, -0.2) is 0 Å². The molecule has 1 aromatic heterocycles. The van der Waals surface area contributed by atoms with E-state index in [9.17, 15) is 8.42 Å². The van der Waals surface area contributed by atoms with Crippen LogP contribution in [-0.2, 0) is 10.0 Å². The third-order valence-corrected chi connectivity index (χ3v) is 5.05. The molecule has 8 heteroatoms. The lowest BCUT2D eigenvalue weighted by Crippen LogP contribution is -2.14. The summed E-state index contributed by atoms with van der Waals surface area (Å²) in [4.78, 5) is 0.00236. The fourth-order valence-corrected chi connectivity index (χ4v) is 3.38. The molecule has 0 aliphatic rings. The average Bonchev–Trinajstić information content (AvgIpc) is 2.86. The summed E-state index contributed by atoms with van der Waals surface area (Å²) in [6.07, 6.45) is 0. The highest BCUT2D eigenvalue weighted by molar-refractivity contribution is 7.90. The molecule has 0 saturated heterocycles. The van der Waals surface area contributed by atoms with Crippen LogP contribution in [0.5, 0.6) is 0 Å². The Balaban J connectivity index is 2.23. The van der Waals surface area contributed by atoms with Crippen molar-refractivity contribution >= 4 is 44.3 Å². The summed E-state index contributed by atoms with van der Waals surface area (Å²) in [6.45, 7) is 0. The molecule has 3 rings (SSSR count). The lowest BCUT2D eigenvalue weighted by atomic mass is 10.3. The third-order valence-electron chi connectivity index (χ3n) is 2.74. The number of aromatic nitrogens is 3. The quantitative estimate of drug-likeness (QED) is 0.725. The zero-order chi connectivity index (χ0) is 14.3. The number of rotatable bonds is 2. The van der Waals surface area contributed by atoms with E-state index in [0.717, 1.165) is 4.09 Å². The molecule has 102 valence electrons. The lowest BCUT2D eigenvalue weighted by Gasteiger charge is -2.05. The Morgan fingerprint density at radius 1 is 1.00 bits per heavy atom. The van der Waals surface area contributed by atoms with Gasteiger partial charge in [0.2, 0.25) is 0 Å². The highest BCUT2D eigenvalue weighted by Crippen LogP contribution is 2.26. The number of fused-ring (bicyclic) bond motifs is 1. The van der Waals surface area contributed by atoms with E-state index in [1.54, 1.807) is 24.3 Å². The van der Waals surface area contributed by atoms with E-state index in [1.807, 2.05) is 0 Å². The normalized spacial score (nSPS) is 11.9. The minimum absolute atomic E-state index is 0.00236. The monoisotopic (exact) mass is 327 g/mol. The summed E-state index contributed by atoms with van der Waals surface area (Å²) in [5, 5.41) is 7.97. The Labute approximate surface area is 124 Å². The van der Waals surface area contributed by atoms with E-state index in [4.69, 9.17) is 23.2 Å². The van der Waals surface area contributed by atoms with Crippen LogP contribution in [0.1, 0.15) is 0 Å². The molecule has 0 radical (unpaired) electrons. The Hall–Kier alpha value is -1.63. The van der Waals surface area contributed by atoms with Gasteiger partial charge in [-0.15, -0.1) is 9.19 Å². The highest BCUT2D eigenvalue weighted by Gasteiger charge is 2.21. The van der Waals surface area contributed by atoms with Gasteiger partial charge in [0.1, 0.15) is 11.0 Å². The lowest BCUT2D eigenvalue weighted by molar-refractivity contribution is 0.579. The number of hydrogen-bond acceptors (Lipinski definition) is 4. The molecule has 0 saturated carbocycles. The number of halogens is 2. The van der Waals surface area contributed by atoms with Gasteiger partial charge in [0, 0.05) is 0 Å². The summed E-state index contributed by atoms with van der Waals surface area (Å²) in [7, 11) is -3.86. The second-order valence-corrected chi connectivity index (χ2v) is 6.58. The van der Waals surface area contributed by atoms with E-state index < -0.39 is 10.0 Å². The van der Waals surface area contributed by atoms with Crippen LogP contribution in [0, 0.1) is 0 Å². The van der Waals surface area contributed by atoms with Gasteiger partial charge in [-0.1, -0.05) is 40.5 Å². The maximum absolute atomic E-state index is 12.5. The zero-order valence-corrected chi connectivity index (χ0v) is 12.2. The number of hydrogen-bond donors (Lipinski definition) is 0. The molecular formula is C12H7Cl2N3O2S. The second kappa shape index (κ2) is 4.73. The molecule has 0 aliphatic heterocycles. The second-order valence-electron chi connectivity index (χ2n) is 4.00. The standard InChI is InChI=1S/C12H7Cl2N3O2S/c13-9-6-5-8(7-10(9)14)20(18,19)17-12-4-2-1-3-11(12)15-16-17/h1-7H. The highest BCUT2D eigenvalue weighted by atomic mass is 35.5. The Bertz CT molecular complexity index is 906. The van der Waals surface area contributed by atoms with E-state index in [2.05, 4.69) is 10.3 Å².